The average molecular weight is 327 g/mol. The predicted molar refractivity (Wildman–Crippen MR) is 90.9 cm³/mol. The molecule has 1 atom stereocenters. The number of benzene rings is 2. The molecule has 0 saturated carbocycles. The van der Waals surface area contributed by atoms with Crippen LogP contribution in [0.4, 0.5) is 5.69 Å². The average Bonchev–Trinajstić information content (AvgIpc) is 2.55. The first kappa shape index (κ1) is 15.6. The number of aryl methyl sites for hydroxylation is 1. The third-order valence-electron chi connectivity index (χ3n) is 3.79. The predicted octanol–water partition coefficient (Wildman–Crippen LogP) is 2.70. The minimum atomic E-state index is -1.23. The number of fused-ring (bicyclic) bond motifs is 1. The summed E-state index contributed by atoms with van der Waals surface area (Å²) >= 11 is 0. The molecule has 1 aliphatic heterocycles. The number of carbonyl (C=O) groups excluding carboxylic acids is 2. The van der Waals surface area contributed by atoms with Gasteiger partial charge in [0.1, 0.15) is 0 Å². The van der Waals surface area contributed by atoms with Crippen molar-refractivity contribution in [3.8, 4) is 0 Å². The number of Topliss-reactive ketones (excluding diaryl/α,β-unsaturated/α-hetero) is 1. The van der Waals surface area contributed by atoms with E-state index in [-0.39, 0.29) is 17.4 Å². The van der Waals surface area contributed by atoms with E-state index >= 15 is 0 Å². The lowest BCUT2D eigenvalue weighted by Gasteiger charge is -2.17. The molecule has 0 spiro atoms. The Morgan fingerprint density at radius 1 is 1.09 bits per heavy atom. The van der Waals surface area contributed by atoms with Crippen molar-refractivity contribution in [3.63, 3.8) is 0 Å². The summed E-state index contributed by atoms with van der Waals surface area (Å²) in [6, 6.07) is 14.7. The largest absolute Gasteiger partial charge is 0.326 e. The van der Waals surface area contributed by atoms with Crippen LogP contribution >= 0.6 is 0 Å². The lowest BCUT2D eigenvalue weighted by molar-refractivity contribution is -0.116. The lowest BCUT2D eigenvalue weighted by atomic mass is 9.99. The summed E-state index contributed by atoms with van der Waals surface area (Å²) in [5, 5.41) is 2.79. The molecule has 0 radical (unpaired) electrons. The van der Waals surface area contributed by atoms with Crippen LogP contribution in [0.1, 0.15) is 27.9 Å². The first-order valence-corrected chi connectivity index (χ1v) is 8.95. The van der Waals surface area contributed by atoms with E-state index in [1.807, 2.05) is 30.3 Å². The molecule has 3 rings (SSSR count). The van der Waals surface area contributed by atoms with E-state index in [1.54, 1.807) is 18.2 Å². The van der Waals surface area contributed by atoms with Crippen LogP contribution in [0.25, 0.3) is 0 Å². The molecule has 23 heavy (non-hydrogen) atoms. The molecule has 1 amide bonds. The fourth-order valence-electron chi connectivity index (χ4n) is 2.60. The topological polar surface area (TPSA) is 63.2 Å². The number of ketones is 1. The Morgan fingerprint density at radius 2 is 1.87 bits per heavy atom. The van der Waals surface area contributed by atoms with E-state index < -0.39 is 10.8 Å². The zero-order valence-electron chi connectivity index (χ0n) is 12.6. The van der Waals surface area contributed by atoms with Gasteiger partial charge in [0.15, 0.2) is 5.78 Å². The smallest absolute Gasteiger partial charge is 0.224 e. The maximum atomic E-state index is 12.3. The second-order valence-corrected chi connectivity index (χ2v) is 7.01. The number of hydrogen-bond acceptors (Lipinski definition) is 3. The lowest BCUT2D eigenvalue weighted by Crippen LogP contribution is -2.20. The van der Waals surface area contributed by atoms with Gasteiger partial charge < -0.3 is 5.32 Å². The van der Waals surface area contributed by atoms with Gasteiger partial charge in [-0.3, -0.25) is 13.8 Å². The molecule has 2 aromatic rings. The normalized spacial score (nSPS) is 14.7. The molecule has 2 aromatic carbocycles. The highest BCUT2D eigenvalue weighted by atomic mass is 32.2. The van der Waals surface area contributed by atoms with Crippen molar-refractivity contribution in [1.29, 1.82) is 0 Å². The maximum Gasteiger partial charge on any atom is 0.224 e. The Kier molecular flexibility index (Phi) is 4.67. The molecular weight excluding hydrogens is 310 g/mol. The third-order valence-corrected chi connectivity index (χ3v) is 5.02. The number of rotatable bonds is 5. The van der Waals surface area contributed by atoms with E-state index in [4.69, 9.17) is 0 Å². The zero-order valence-corrected chi connectivity index (χ0v) is 13.4. The van der Waals surface area contributed by atoms with Crippen LogP contribution in [0, 0.1) is 0 Å². The minimum Gasteiger partial charge on any atom is -0.326 e. The summed E-state index contributed by atoms with van der Waals surface area (Å²) in [4.78, 5) is 23.7. The molecule has 0 fully saturated rings. The quantitative estimate of drug-likeness (QED) is 0.859. The van der Waals surface area contributed by atoms with Crippen molar-refractivity contribution >= 4 is 28.2 Å². The molecule has 4 nitrogen and oxygen atoms in total. The number of carbonyl (C=O) groups is 2. The Labute approximate surface area is 137 Å². The molecule has 0 aliphatic carbocycles. The summed E-state index contributed by atoms with van der Waals surface area (Å²) in [7, 11) is -1.23. The van der Waals surface area contributed by atoms with Crippen molar-refractivity contribution < 1.29 is 13.8 Å². The molecular formula is C18H17NO3S. The van der Waals surface area contributed by atoms with Gasteiger partial charge in [-0.25, -0.2) is 0 Å². The summed E-state index contributed by atoms with van der Waals surface area (Å²) < 4.78 is 12.2. The number of hydrogen-bond donors (Lipinski definition) is 1. The van der Waals surface area contributed by atoms with Gasteiger partial charge in [-0.1, -0.05) is 30.3 Å². The van der Waals surface area contributed by atoms with Crippen LogP contribution < -0.4 is 5.32 Å². The van der Waals surface area contributed by atoms with Gasteiger partial charge in [-0.05, 0) is 35.7 Å². The van der Waals surface area contributed by atoms with Crippen LogP contribution in [0.3, 0.4) is 0 Å². The van der Waals surface area contributed by atoms with Gasteiger partial charge in [0.05, 0.1) is 5.75 Å². The van der Waals surface area contributed by atoms with Crippen LogP contribution in [0.15, 0.2) is 48.5 Å². The number of amides is 1. The molecule has 0 aromatic heterocycles. The van der Waals surface area contributed by atoms with E-state index in [1.165, 1.54) is 0 Å². The Balaban J connectivity index is 1.66. The van der Waals surface area contributed by atoms with E-state index in [0.29, 0.717) is 24.2 Å². The fraction of sp³-hybridized carbons (Fsp3) is 0.222. The molecule has 118 valence electrons. The molecule has 1 heterocycles. The molecule has 0 saturated heterocycles. The molecule has 1 aliphatic rings. The first-order valence-electron chi connectivity index (χ1n) is 7.47. The van der Waals surface area contributed by atoms with Crippen LogP contribution in [-0.2, 0) is 27.8 Å². The summed E-state index contributed by atoms with van der Waals surface area (Å²) in [6.07, 6.45) is 1.07. The number of anilines is 1. The van der Waals surface area contributed by atoms with Gasteiger partial charge >= 0.3 is 0 Å². The van der Waals surface area contributed by atoms with Gasteiger partial charge in [-0.2, -0.15) is 0 Å². The standard InChI is InChI=1S/C18H17NO3S/c20-17(12-23(22)11-13-4-2-1-3-5-13)15-6-8-16-14(10-15)7-9-18(21)19-16/h1-6,8,10H,7,9,11-12H2,(H,19,21). The van der Waals surface area contributed by atoms with Gasteiger partial charge in [-0.15, -0.1) is 0 Å². The summed E-state index contributed by atoms with van der Waals surface area (Å²) in [5.41, 5.74) is 3.25. The zero-order chi connectivity index (χ0) is 16.2. The highest BCUT2D eigenvalue weighted by Crippen LogP contribution is 2.23. The second kappa shape index (κ2) is 6.87. The highest BCUT2D eigenvalue weighted by Gasteiger charge is 2.17. The SMILES string of the molecule is O=C1CCc2cc(C(=O)CS(=O)Cc3ccccc3)ccc2N1. The Morgan fingerprint density at radius 3 is 2.65 bits per heavy atom. The molecule has 1 unspecified atom stereocenters. The Hall–Kier alpha value is -2.27. The van der Waals surface area contributed by atoms with E-state index in [9.17, 15) is 13.8 Å². The van der Waals surface area contributed by atoms with Crippen molar-refractivity contribution in [2.24, 2.45) is 0 Å². The molecule has 5 heteroatoms. The van der Waals surface area contributed by atoms with Crippen LogP contribution in [0.2, 0.25) is 0 Å². The number of nitrogens with one attached hydrogen (secondary N) is 1. The van der Waals surface area contributed by atoms with Crippen molar-refractivity contribution in [3.05, 3.63) is 65.2 Å². The van der Waals surface area contributed by atoms with Gasteiger partial charge in [0.2, 0.25) is 5.91 Å². The minimum absolute atomic E-state index is 0.000501. The summed E-state index contributed by atoms with van der Waals surface area (Å²) in [5.74, 6) is 0.271. The monoisotopic (exact) mass is 327 g/mol. The molecule has 1 N–H and O–H groups in total. The maximum absolute atomic E-state index is 12.3. The van der Waals surface area contributed by atoms with Crippen molar-refractivity contribution in [1.82, 2.24) is 0 Å². The van der Waals surface area contributed by atoms with Crippen LogP contribution in [0.5, 0.6) is 0 Å². The fourth-order valence-corrected chi connectivity index (χ4v) is 3.72. The summed E-state index contributed by atoms with van der Waals surface area (Å²) in [6.45, 7) is 0. The van der Waals surface area contributed by atoms with E-state index in [2.05, 4.69) is 5.32 Å². The van der Waals surface area contributed by atoms with Crippen molar-refractivity contribution in [2.45, 2.75) is 18.6 Å². The highest BCUT2D eigenvalue weighted by molar-refractivity contribution is 7.85. The van der Waals surface area contributed by atoms with Gasteiger partial charge in [0, 0.05) is 34.2 Å². The van der Waals surface area contributed by atoms with E-state index in [0.717, 1.165) is 16.8 Å². The van der Waals surface area contributed by atoms with Crippen LogP contribution in [-0.4, -0.2) is 21.7 Å². The molecule has 0 bridgehead atoms. The van der Waals surface area contributed by atoms with Gasteiger partial charge in [0.25, 0.3) is 0 Å². The third kappa shape index (κ3) is 3.93. The first-order chi connectivity index (χ1) is 11.1. The second-order valence-electron chi connectivity index (χ2n) is 5.56. The Bertz CT molecular complexity index is 771. The van der Waals surface area contributed by atoms with Crippen molar-refractivity contribution in [2.75, 3.05) is 11.1 Å².